The zero-order valence-corrected chi connectivity index (χ0v) is 22.8. The Kier molecular flexibility index (Phi) is 7.98. The fraction of sp³-hybridized carbons (Fsp3) is 0.889. The van der Waals surface area contributed by atoms with Gasteiger partial charge in [0.2, 0.25) is 0 Å². The Labute approximate surface area is 209 Å². The van der Waals surface area contributed by atoms with Crippen LogP contribution in [0.5, 0.6) is 0 Å². The van der Waals surface area contributed by atoms with Gasteiger partial charge in [0.05, 0.1) is 12.2 Å². The SMILES string of the molecule is C[C@H](C1O[C@@H](C)C[C@H](C)O1)[C@H]1CCC2C3CCC4=CC(=O)CC[C@]4(C)[C@H]3CC[C@@]21C.S.S. The molecule has 9 atom stereocenters. The quantitative estimate of drug-likeness (QED) is 0.448. The Morgan fingerprint density at radius 3 is 2.31 bits per heavy atom. The van der Waals surface area contributed by atoms with Crippen LogP contribution < -0.4 is 0 Å². The lowest BCUT2D eigenvalue weighted by atomic mass is 9.46. The van der Waals surface area contributed by atoms with Crippen LogP contribution in [0.2, 0.25) is 0 Å². The highest BCUT2D eigenvalue weighted by molar-refractivity contribution is 7.59. The number of allylic oxidation sites excluding steroid dienone is 1. The average Bonchev–Trinajstić information content (AvgIpc) is 3.04. The van der Waals surface area contributed by atoms with Crippen LogP contribution in [0.25, 0.3) is 0 Å². The molecule has 0 N–H and O–H groups in total. The number of hydrogen-bond acceptors (Lipinski definition) is 3. The van der Waals surface area contributed by atoms with Gasteiger partial charge in [-0.05, 0) is 106 Å². The van der Waals surface area contributed by atoms with Crippen molar-refractivity contribution in [1.82, 2.24) is 0 Å². The largest absolute Gasteiger partial charge is 0.349 e. The Bertz CT molecular complexity index is 728. The lowest BCUT2D eigenvalue weighted by molar-refractivity contribution is -0.265. The van der Waals surface area contributed by atoms with Crippen LogP contribution in [0, 0.1) is 40.4 Å². The Hall–Kier alpha value is 0.0300. The molecule has 1 heterocycles. The maximum atomic E-state index is 12.1. The molecule has 5 rings (SSSR count). The van der Waals surface area contributed by atoms with Crippen LogP contribution >= 0.6 is 27.0 Å². The van der Waals surface area contributed by atoms with Crippen molar-refractivity contribution >= 4 is 32.8 Å². The molecule has 32 heavy (non-hydrogen) atoms. The maximum Gasteiger partial charge on any atom is 0.161 e. The normalized spacial score (nSPS) is 48.8. The standard InChI is InChI=1S/C27H42O3.2H2S/c1-16-14-17(2)30-25(29-16)18(3)22-8-9-23-21-7-6-19-15-20(28)10-12-26(19,4)24(21)11-13-27(22,23)5;;/h15-18,21-25H,6-14H2,1-5H3;2*1H2/t16-,17-,18-,21?,22+,23?,24-,26-,27+;;/m0../s1. The summed E-state index contributed by atoms with van der Waals surface area (Å²) in [5.41, 5.74) is 2.18. The van der Waals surface area contributed by atoms with Gasteiger partial charge in [0.25, 0.3) is 0 Å². The van der Waals surface area contributed by atoms with Gasteiger partial charge in [-0.3, -0.25) is 4.79 Å². The first kappa shape index (κ1) is 26.6. The van der Waals surface area contributed by atoms with E-state index in [1.54, 1.807) is 0 Å². The first-order valence-corrected chi connectivity index (χ1v) is 12.8. The summed E-state index contributed by atoms with van der Waals surface area (Å²) in [6, 6.07) is 0. The average molecular weight is 483 g/mol. The molecule has 1 saturated heterocycles. The van der Waals surface area contributed by atoms with Gasteiger partial charge >= 0.3 is 0 Å². The van der Waals surface area contributed by atoms with E-state index in [0.29, 0.717) is 35.2 Å². The first-order chi connectivity index (χ1) is 14.2. The highest BCUT2D eigenvalue weighted by Crippen LogP contribution is 2.67. The number of fused-ring (bicyclic) bond motifs is 5. The number of carbonyl (C=O) groups is 1. The molecule has 2 unspecified atom stereocenters. The number of rotatable bonds is 2. The van der Waals surface area contributed by atoms with Gasteiger partial charge in [-0.25, -0.2) is 0 Å². The van der Waals surface area contributed by atoms with Crippen molar-refractivity contribution in [3.05, 3.63) is 11.6 Å². The molecule has 0 bridgehead atoms. The second kappa shape index (κ2) is 9.59. The van der Waals surface area contributed by atoms with Crippen LogP contribution in [-0.2, 0) is 14.3 Å². The van der Waals surface area contributed by atoms with Crippen LogP contribution in [0.4, 0.5) is 0 Å². The topological polar surface area (TPSA) is 35.5 Å². The highest BCUT2D eigenvalue weighted by atomic mass is 32.1. The van der Waals surface area contributed by atoms with Gasteiger partial charge in [-0.15, -0.1) is 0 Å². The van der Waals surface area contributed by atoms with Gasteiger partial charge < -0.3 is 9.47 Å². The van der Waals surface area contributed by atoms with E-state index in [-0.39, 0.29) is 38.7 Å². The monoisotopic (exact) mass is 482 g/mol. The Balaban J connectivity index is 0.00000144. The molecule has 1 aliphatic heterocycles. The molecule has 0 aromatic heterocycles. The predicted molar refractivity (Wildman–Crippen MR) is 140 cm³/mol. The van der Waals surface area contributed by atoms with Gasteiger partial charge in [0, 0.05) is 12.3 Å². The van der Waals surface area contributed by atoms with E-state index >= 15 is 0 Å². The summed E-state index contributed by atoms with van der Waals surface area (Å²) < 4.78 is 12.6. The summed E-state index contributed by atoms with van der Waals surface area (Å²) in [5, 5.41) is 0. The molecule has 3 nitrogen and oxygen atoms in total. The van der Waals surface area contributed by atoms with E-state index in [1.165, 1.54) is 37.7 Å². The van der Waals surface area contributed by atoms with Crippen molar-refractivity contribution in [2.75, 3.05) is 0 Å². The summed E-state index contributed by atoms with van der Waals surface area (Å²) in [5.74, 6) is 3.97. The minimum atomic E-state index is -0.0372. The van der Waals surface area contributed by atoms with E-state index in [4.69, 9.17) is 9.47 Å². The lowest BCUT2D eigenvalue weighted by Gasteiger charge is -2.58. The van der Waals surface area contributed by atoms with Crippen LogP contribution in [0.15, 0.2) is 11.6 Å². The molecule has 0 radical (unpaired) electrons. The smallest absolute Gasteiger partial charge is 0.161 e. The molecule has 5 heteroatoms. The maximum absolute atomic E-state index is 12.1. The summed E-state index contributed by atoms with van der Waals surface area (Å²) in [6.45, 7) is 11.9. The van der Waals surface area contributed by atoms with Crippen LogP contribution in [-0.4, -0.2) is 24.3 Å². The van der Waals surface area contributed by atoms with E-state index in [9.17, 15) is 4.79 Å². The third kappa shape index (κ3) is 4.16. The molecular formula is C27H46O3S2. The molecule has 4 fully saturated rings. The van der Waals surface area contributed by atoms with Crippen molar-refractivity contribution in [1.29, 1.82) is 0 Å². The zero-order chi connectivity index (χ0) is 21.3. The third-order valence-corrected chi connectivity index (χ3v) is 10.5. The summed E-state index contributed by atoms with van der Waals surface area (Å²) in [6.07, 6.45) is 13.3. The Morgan fingerprint density at radius 2 is 1.62 bits per heavy atom. The van der Waals surface area contributed by atoms with Crippen molar-refractivity contribution in [3.63, 3.8) is 0 Å². The summed E-state index contributed by atoms with van der Waals surface area (Å²) in [7, 11) is 0. The van der Waals surface area contributed by atoms with E-state index < -0.39 is 0 Å². The summed E-state index contributed by atoms with van der Waals surface area (Å²) in [4.78, 5) is 12.1. The van der Waals surface area contributed by atoms with Crippen molar-refractivity contribution in [2.45, 2.75) is 111 Å². The fourth-order valence-electron chi connectivity index (χ4n) is 8.97. The Morgan fingerprint density at radius 1 is 0.938 bits per heavy atom. The highest BCUT2D eigenvalue weighted by Gasteiger charge is 2.60. The molecular weight excluding hydrogens is 436 g/mol. The minimum Gasteiger partial charge on any atom is -0.349 e. The molecule has 4 aliphatic carbocycles. The van der Waals surface area contributed by atoms with E-state index in [2.05, 4.69) is 34.6 Å². The number of hydrogen-bond donors (Lipinski definition) is 0. The molecule has 0 spiro atoms. The fourth-order valence-corrected chi connectivity index (χ4v) is 8.97. The molecule has 0 aromatic carbocycles. The number of carbonyl (C=O) groups excluding carboxylic acids is 1. The number of ether oxygens (including phenoxy) is 2. The van der Waals surface area contributed by atoms with E-state index in [1.807, 2.05) is 6.08 Å². The molecule has 0 aromatic rings. The molecule has 184 valence electrons. The number of ketones is 1. The predicted octanol–water partition coefficient (Wildman–Crippen LogP) is 6.54. The van der Waals surface area contributed by atoms with Crippen LogP contribution in [0.1, 0.15) is 92.4 Å². The zero-order valence-electron chi connectivity index (χ0n) is 20.8. The van der Waals surface area contributed by atoms with Crippen molar-refractivity contribution < 1.29 is 14.3 Å². The lowest BCUT2D eigenvalue weighted by Crippen LogP contribution is -2.52. The third-order valence-electron chi connectivity index (χ3n) is 10.5. The minimum absolute atomic E-state index is 0. The molecule has 5 aliphatic rings. The molecule has 0 amide bonds. The second-order valence-electron chi connectivity index (χ2n) is 12.1. The summed E-state index contributed by atoms with van der Waals surface area (Å²) >= 11 is 0. The van der Waals surface area contributed by atoms with Gasteiger partial charge in [0.1, 0.15) is 0 Å². The van der Waals surface area contributed by atoms with Gasteiger partial charge in [-0.1, -0.05) is 26.3 Å². The van der Waals surface area contributed by atoms with Crippen LogP contribution in [0.3, 0.4) is 0 Å². The molecule has 3 saturated carbocycles. The van der Waals surface area contributed by atoms with Gasteiger partial charge in [0.15, 0.2) is 12.1 Å². The van der Waals surface area contributed by atoms with Gasteiger partial charge in [-0.2, -0.15) is 27.0 Å². The second-order valence-corrected chi connectivity index (χ2v) is 12.1. The van der Waals surface area contributed by atoms with Crippen molar-refractivity contribution in [3.8, 4) is 0 Å². The first-order valence-electron chi connectivity index (χ1n) is 12.8. The van der Waals surface area contributed by atoms with Crippen molar-refractivity contribution in [2.24, 2.45) is 40.4 Å². The van der Waals surface area contributed by atoms with E-state index in [0.717, 1.165) is 43.4 Å².